The Bertz CT molecular complexity index is 1760. The summed E-state index contributed by atoms with van der Waals surface area (Å²) in [6, 6.07) is 31.4. The van der Waals surface area contributed by atoms with Crippen LogP contribution in [-0.2, 0) is 20.5 Å². The van der Waals surface area contributed by atoms with Gasteiger partial charge in [-0.25, -0.2) is 0 Å². The van der Waals surface area contributed by atoms with Gasteiger partial charge < -0.3 is 9.13 Å². The van der Waals surface area contributed by atoms with Crippen LogP contribution >= 0.6 is 0 Å². The fraction of sp³-hybridized carbons (Fsp3) is 0.125. The molecular formula is C32H26N2. The molecule has 2 nitrogen and oxygen atoms in total. The molecule has 34 heavy (non-hydrogen) atoms. The summed E-state index contributed by atoms with van der Waals surface area (Å²) in [6.45, 7) is 0. The smallest absolute Gasteiger partial charge is 0.0489 e. The minimum Gasteiger partial charge on any atom is -0.344 e. The maximum Gasteiger partial charge on any atom is 0.0489 e. The van der Waals surface area contributed by atoms with Crippen molar-refractivity contribution < 1.29 is 0 Å². The average Bonchev–Trinajstić information content (AvgIpc) is 3.35. The molecule has 2 aromatic heterocycles. The van der Waals surface area contributed by atoms with Crippen molar-refractivity contribution in [2.45, 2.75) is 12.8 Å². The van der Waals surface area contributed by atoms with E-state index in [4.69, 9.17) is 0 Å². The summed E-state index contributed by atoms with van der Waals surface area (Å²) in [5.41, 5.74) is 11.8. The molecule has 0 radical (unpaired) electrons. The Hall–Kier alpha value is -4.04. The third-order valence-corrected chi connectivity index (χ3v) is 7.64. The lowest BCUT2D eigenvalue weighted by Crippen LogP contribution is -1.96. The first-order valence-electron chi connectivity index (χ1n) is 12.0. The third kappa shape index (κ3) is 2.75. The summed E-state index contributed by atoms with van der Waals surface area (Å²) in [6.07, 6.45) is 6.82. The van der Waals surface area contributed by atoms with Crippen molar-refractivity contribution in [2.24, 2.45) is 14.1 Å². The van der Waals surface area contributed by atoms with Crippen LogP contribution in [0.5, 0.6) is 0 Å². The highest BCUT2D eigenvalue weighted by Gasteiger charge is 2.16. The van der Waals surface area contributed by atoms with Gasteiger partial charge in [-0.3, -0.25) is 0 Å². The number of aromatic nitrogens is 2. The van der Waals surface area contributed by atoms with Gasteiger partial charge in [0.25, 0.3) is 0 Å². The average molecular weight is 439 g/mol. The standard InChI is InChI=1S/C32H26N2/c1-33-29-11-7-6-10-25(29)26-19-23(13-16-30(26)33)24-14-17-32-28(20-24)27-18-22(12-15-31(27)34(32)2)21-8-4-3-5-9-21/h3-5,7-9,11-20H,6,10H2,1-2H3. The number of allylic oxidation sites excluding steroid dienone is 1. The van der Waals surface area contributed by atoms with E-state index in [1.807, 2.05) is 0 Å². The van der Waals surface area contributed by atoms with Gasteiger partial charge in [-0.15, -0.1) is 0 Å². The van der Waals surface area contributed by atoms with E-state index in [2.05, 4.69) is 120 Å². The van der Waals surface area contributed by atoms with Crippen LogP contribution < -0.4 is 0 Å². The van der Waals surface area contributed by atoms with Gasteiger partial charge in [0.1, 0.15) is 0 Å². The van der Waals surface area contributed by atoms with Crippen LogP contribution in [0.4, 0.5) is 0 Å². The zero-order valence-corrected chi connectivity index (χ0v) is 19.5. The van der Waals surface area contributed by atoms with Crippen LogP contribution in [0.2, 0.25) is 0 Å². The summed E-state index contributed by atoms with van der Waals surface area (Å²) in [5, 5.41) is 4.01. The second-order valence-electron chi connectivity index (χ2n) is 9.48. The molecular weight excluding hydrogens is 412 g/mol. The molecule has 0 saturated heterocycles. The van der Waals surface area contributed by atoms with Gasteiger partial charge in [0.15, 0.2) is 0 Å². The minimum atomic E-state index is 1.12. The van der Waals surface area contributed by atoms with Crippen molar-refractivity contribution in [1.29, 1.82) is 0 Å². The SMILES string of the molecule is Cn1c2c(c3cc(-c4ccc5c(c4)c4cc(-c6ccccc6)ccc4n5C)ccc31)CCC=C2. The van der Waals surface area contributed by atoms with Crippen molar-refractivity contribution >= 4 is 38.8 Å². The molecule has 0 N–H and O–H groups in total. The molecule has 0 atom stereocenters. The number of nitrogens with zero attached hydrogens (tertiary/aromatic N) is 2. The normalized spacial score (nSPS) is 13.2. The lowest BCUT2D eigenvalue weighted by molar-refractivity contribution is 0.908. The van der Waals surface area contributed by atoms with Crippen LogP contribution in [0.1, 0.15) is 17.7 Å². The molecule has 0 saturated carbocycles. The van der Waals surface area contributed by atoms with E-state index in [1.54, 1.807) is 0 Å². The molecule has 0 bridgehead atoms. The van der Waals surface area contributed by atoms with E-state index < -0.39 is 0 Å². The molecule has 1 aliphatic carbocycles. The van der Waals surface area contributed by atoms with Gasteiger partial charge >= 0.3 is 0 Å². The molecule has 0 aliphatic heterocycles. The van der Waals surface area contributed by atoms with Gasteiger partial charge in [0.05, 0.1) is 0 Å². The van der Waals surface area contributed by atoms with Gasteiger partial charge in [-0.05, 0) is 83.1 Å². The minimum absolute atomic E-state index is 1.12. The van der Waals surface area contributed by atoms with Gasteiger partial charge in [0, 0.05) is 52.5 Å². The molecule has 4 aromatic carbocycles. The maximum atomic E-state index is 2.40. The first kappa shape index (κ1) is 19.4. The molecule has 0 spiro atoms. The number of fused-ring (bicyclic) bond motifs is 6. The van der Waals surface area contributed by atoms with Crippen LogP contribution in [0, 0.1) is 0 Å². The van der Waals surface area contributed by atoms with E-state index in [1.165, 1.54) is 66.2 Å². The molecule has 7 rings (SSSR count). The van der Waals surface area contributed by atoms with E-state index in [9.17, 15) is 0 Å². The third-order valence-electron chi connectivity index (χ3n) is 7.64. The van der Waals surface area contributed by atoms with Crippen LogP contribution in [-0.4, -0.2) is 9.13 Å². The van der Waals surface area contributed by atoms with Gasteiger partial charge in [0.2, 0.25) is 0 Å². The fourth-order valence-electron chi connectivity index (χ4n) is 5.83. The Kier molecular flexibility index (Phi) is 4.13. The monoisotopic (exact) mass is 438 g/mol. The second-order valence-corrected chi connectivity index (χ2v) is 9.48. The van der Waals surface area contributed by atoms with Crippen molar-refractivity contribution in [3.05, 3.63) is 102 Å². The summed E-state index contributed by atoms with van der Waals surface area (Å²) < 4.78 is 4.65. The Labute approximate surface area is 199 Å². The number of hydrogen-bond donors (Lipinski definition) is 0. The highest BCUT2D eigenvalue weighted by molar-refractivity contribution is 6.10. The predicted molar refractivity (Wildman–Crippen MR) is 145 cm³/mol. The Balaban J connectivity index is 1.43. The van der Waals surface area contributed by atoms with Gasteiger partial charge in [-0.1, -0.05) is 54.6 Å². The highest BCUT2D eigenvalue weighted by atomic mass is 14.9. The summed E-state index contributed by atoms with van der Waals surface area (Å²) in [7, 11) is 4.35. The van der Waals surface area contributed by atoms with E-state index in [-0.39, 0.29) is 0 Å². The Morgan fingerprint density at radius 2 is 1.12 bits per heavy atom. The Morgan fingerprint density at radius 1 is 0.559 bits per heavy atom. The topological polar surface area (TPSA) is 9.86 Å². The molecule has 0 amide bonds. The molecule has 164 valence electrons. The van der Waals surface area contributed by atoms with Crippen LogP contribution in [0.25, 0.3) is 61.0 Å². The van der Waals surface area contributed by atoms with E-state index >= 15 is 0 Å². The largest absolute Gasteiger partial charge is 0.344 e. The summed E-state index contributed by atoms with van der Waals surface area (Å²) in [4.78, 5) is 0. The van der Waals surface area contributed by atoms with Gasteiger partial charge in [-0.2, -0.15) is 0 Å². The molecule has 2 heterocycles. The molecule has 2 heteroatoms. The van der Waals surface area contributed by atoms with Crippen molar-refractivity contribution in [3.8, 4) is 22.3 Å². The first-order chi connectivity index (χ1) is 16.7. The predicted octanol–water partition coefficient (Wildman–Crippen LogP) is 8.12. The lowest BCUT2D eigenvalue weighted by Gasteiger charge is -2.07. The van der Waals surface area contributed by atoms with Crippen molar-refractivity contribution in [3.63, 3.8) is 0 Å². The highest BCUT2D eigenvalue weighted by Crippen LogP contribution is 2.37. The number of benzene rings is 4. The maximum absolute atomic E-state index is 2.40. The number of aryl methyl sites for hydroxylation is 3. The number of hydrogen-bond acceptors (Lipinski definition) is 0. The van der Waals surface area contributed by atoms with Crippen LogP contribution in [0.3, 0.4) is 0 Å². The molecule has 0 fully saturated rings. The van der Waals surface area contributed by atoms with Crippen molar-refractivity contribution in [2.75, 3.05) is 0 Å². The van der Waals surface area contributed by atoms with Crippen molar-refractivity contribution in [1.82, 2.24) is 9.13 Å². The fourth-order valence-corrected chi connectivity index (χ4v) is 5.83. The lowest BCUT2D eigenvalue weighted by atomic mass is 9.97. The number of rotatable bonds is 2. The second kappa shape index (κ2) is 7.23. The molecule has 6 aromatic rings. The Morgan fingerprint density at radius 3 is 1.76 bits per heavy atom. The molecule has 1 aliphatic rings. The zero-order valence-electron chi connectivity index (χ0n) is 19.5. The van der Waals surface area contributed by atoms with E-state index in [0.717, 1.165) is 12.8 Å². The zero-order chi connectivity index (χ0) is 22.8. The summed E-state index contributed by atoms with van der Waals surface area (Å²) in [5.74, 6) is 0. The first-order valence-corrected chi connectivity index (χ1v) is 12.0. The molecule has 0 unspecified atom stereocenters. The van der Waals surface area contributed by atoms with Crippen LogP contribution in [0.15, 0.2) is 91.0 Å². The summed E-state index contributed by atoms with van der Waals surface area (Å²) >= 11 is 0. The van der Waals surface area contributed by atoms with E-state index in [0.29, 0.717) is 0 Å². The quantitative estimate of drug-likeness (QED) is 0.258.